The molecule has 0 amide bonds. The Labute approximate surface area is 156 Å². The third-order valence-corrected chi connectivity index (χ3v) is 5.99. The van der Waals surface area contributed by atoms with Gasteiger partial charge in [-0.25, -0.2) is 0 Å². The van der Waals surface area contributed by atoms with Gasteiger partial charge < -0.3 is 14.3 Å². The molecule has 0 aromatic rings. The molecule has 0 spiro atoms. The molecule has 25 heavy (non-hydrogen) atoms. The van der Waals surface area contributed by atoms with Crippen LogP contribution in [0.1, 0.15) is 59.8 Å². The number of hydrogen-bond donors (Lipinski definition) is 1. The van der Waals surface area contributed by atoms with Crippen LogP contribution in [0.4, 0.5) is 0 Å². The van der Waals surface area contributed by atoms with E-state index in [0.717, 1.165) is 32.1 Å². The summed E-state index contributed by atoms with van der Waals surface area (Å²) in [6, 6.07) is 0. The van der Waals surface area contributed by atoms with E-state index in [1.807, 2.05) is 6.92 Å². The predicted octanol–water partition coefficient (Wildman–Crippen LogP) is 4.30. The van der Waals surface area contributed by atoms with Crippen LogP contribution >= 0.6 is 12.0 Å². The maximum atomic E-state index is 13.1. The molecule has 0 bridgehead atoms. The average molecular weight is 369 g/mol. The number of ketones is 1. The van der Waals surface area contributed by atoms with E-state index in [-0.39, 0.29) is 23.2 Å². The topological polar surface area (TPSA) is 59.9 Å². The van der Waals surface area contributed by atoms with Gasteiger partial charge >= 0.3 is 0 Å². The second-order valence-corrected chi connectivity index (χ2v) is 8.38. The highest BCUT2D eigenvalue weighted by atomic mass is 32.2. The zero-order chi connectivity index (χ0) is 18.4. The average Bonchev–Trinajstić information content (AvgIpc) is 2.96. The lowest BCUT2D eigenvalue weighted by Gasteiger charge is -2.32. The minimum atomic E-state index is 0.0404. The highest BCUT2D eigenvalue weighted by molar-refractivity contribution is 7.95. The van der Waals surface area contributed by atoms with Crippen LogP contribution in [0.3, 0.4) is 0 Å². The van der Waals surface area contributed by atoms with Crippen LogP contribution in [0.25, 0.3) is 0 Å². The maximum absolute atomic E-state index is 13.1. The summed E-state index contributed by atoms with van der Waals surface area (Å²) in [4.78, 5) is 13.1. The Morgan fingerprint density at radius 1 is 1.24 bits per heavy atom. The second-order valence-electron chi connectivity index (χ2n) is 7.46. The first-order valence-corrected chi connectivity index (χ1v) is 10.2. The minimum absolute atomic E-state index is 0.0404. The molecule has 1 aliphatic heterocycles. The molecule has 0 radical (unpaired) electrons. The number of carbonyl (C=O) groups is 1. The molecule has 1 heterocycles. The van der Waals surface area contributed by atoms with Crippen LogP contribution in [-0.2, 0) is 13.7 Å². The van der Waals surface area contributed by atoms with E-state index in [1.54, 1.807) is 13.3 Å². The molecule has 1 N–H and O–H groups in total. The van der Waals surface area contributed by atoms with Gasteiger partial charge in [0, 0.05) is 13.0 Å². The molecular weight excluding hydrogens is 336 g/mol. The molecule has 2 rings (SSSR count). The van der Waals surface area contributed by atoms with Crippen molar-refractivity contribution in [3.8, 4) is 0 Å². The number of nitrogens with one attached hydrogen (secondary N) is 1. The first kappa shape index (κ1) is 20.3. The first-order valence-electron chi connectivity index (χ1n) is 9.35. The van der Waals surface area contributed by atoms with Crippen molar-refractivity contribution in [2.24, 2.45) is 22.9 Å². The summed E-state index contributed by atoms with van der Waals surface area (Å²) >= 11 is 1.29. The van der Waals surface area contributed by atoms with Crippen molar-refractivity contribution < 1.29 is 13.7 Å². The highest BCUT2D eigenvalue weighted by Gasteiger charge is 2.33. The molecule has 1 aliphatic carbocycles. The standard InChI is InChI=1S/C19H32N2O3S/c1-12-6-8-16(13(2)10-12)19(22)17(15(4)21-20-5)11-23-25-18-9-7-14(3)24-18/h11-14,16,18,20H,6-10H2,1-5H3/b17-11-,21-15-. The summed E-state index contributed by atoms with van der Waals surface area (Å²) in [6.07, 6.45) is 7.04. The van der Waals surface area contributed by atoms with Crippen molar-refractivity contribution in [3.05, 3.63) is 11.8 Å². The molecule has 1 saturated heterocycles. The van der Waals surface area contributed by atoms with Gasteiger partial charge in [0.05, 0.1) is 29.4 Å². The SMILES string of the molecule is CN/N=C(C)\C(=C\OSC1CCC(C)O1)C(=O)C1CCC(C)CC1C. The molecular formula is C19H32N2O3S. The van der Waals surface area contributed by atoms with E-state index in [0.29, 0.717) is 23.1 Å². The lowest BCUT2D eigenvalue weighted by atomic mass is 9.72. The molecule has 1 saturated carbocycles. The summed E-state index contributed by atoms with van der Waals surface area (Å²) in [5.74, 6) is 1.30. The number of hydrazone groups is 1. The fourth-order valence-electron chi connectivity index (χ4n) is 3.78. The van der Waals surface area contributed by atoms with Gasteiger partial charge in [-0.1, -0.05) is 13.8 Å². The number of hydrogen-bond acceptors (Lipinski definition) is 6. The molecule has 0 aromatic carbocycles. The highest BCUT2D eigenvalue weighted by Crippen LogP contribution is 2.36. The van der Waals surface area contributed by atoms with Crippen LogP contribution in [0, 0.1) is 17.8 Å². The van der Waals surface area contributed by atoms with Crippen molar-refractivity contribution in [1.82, 2.24) is 5.43 Å². The normalized spacial score (nSPS) is 34.0. The summed E-state index contributed by atoms with van der Waals surface area (Å²) in [6.45, 7) is 8.37. The first-order chi connectivity index (χ1) is 11.9. The Morgan fingerprint density at radius 2 is 2.00 bits per heavy atom. The van der Waals surface area contributed by atoms with Crippen LogP contribution in [0.5, 0.6) is 0 Å². The van der Waals surface area contributed by atoms with Crippen LogP contribution in [-0.4, -0.2) is 30.1 Å². The van der Waals surface area contributed by atoms with E-state index in [9.17, 15) is 4.79 Å². The number of allylic oxidation sites excluding steroid dienone is 1. The Hall–Kier alpha value is -1.01. The molecule has 5 nitrogen and oxygen atoms in total. The quantitative estimate of drug-likeness (QED) is 0.239. The van der Waals surface area contributed by atoms with E-state index in [2.05, 4.69) is 31.3 Å². The zero-order valence-corrected chi connectivity index (χ0v) is 16.9. The van der Waals surface area contributed by atoms with Crippen molar-refractivity contribution in [2.75, 3.05) is 7.05 Å². The molecule has 5 unspecified atom stereocenters. The summed E-state index contributed by atoms with van der Waals surface area (Å²) < 4.78 is 11.4. The van der Waals surface area contributed by atoms with E-state index in [4.69, 9.17) is 8.92 Å². The van der Waals surface area contributed by atoms with E-state index in [1.165, 1.54) is 12.0 Å². The summed E-state index contributed by atoms with van der Waals surface area (Å²) in [5, 5.41) is 4.20. The molecule has 2 aliphatic rings. The monoisotopic (exact) mass is 368 g/mol. The predicted molar refractivity (Wildman–Crippen MR) is 103 cm³/mol. The number of Topliss-reactive ketones (excluding diaryl/α,β-unsaturated/α-hetero) is 1. The molecule has 5 atom stereocenters. The summed E-state index contributed by atoms with van der Waals surface area (Å²) in [5.41, 5.74) is 4.04. The number of rotatable bonds is 7. The van der Waals surface area contributed by atoms with E-state index < -0.39 is 0 Å². The Bertz CT molecular complexity index is 521. The van der Waals surface area contributed by atoms with Crippen molar-refractivity contribution >= 4 is 23.5 Å². The third-order valence-electron chi connectivity index (χ3n) is 5.22. The number of ether oxygens (including phenoxy) is 1. The van der Waals surface area contributed by atoms with Gasteiger partial charge in [-0.15, -0.1) is 0 Å². The largest absolute Gasteiger partial charge is 0.430 e. The Balaban J connectivity index is 2.05. The third kappa shape index (κ3) is 5.74. The Morgan fingerprint density at radius 3 is 2.60 bits per heavy atom. The van der Waals surface area contributed by atoms with Crippen LogP contribution in [0.15, 0.2) is 16.9 Å². The van der Waals surface area contributed by atoms with Gasteiger partial charge in [0.15, 0.2) is 5.78 Å². The van der Waals surface area contributed by atoms with E-state index >= 15 is 0 Å². The lowest BCUT2D eigenvalue weighted by Crippen LogP contribution is -2.31. The second kappa shape index (κ2) is 9.62. The molecule has 6 heteroatoms. The lowest BCUT2D eigenvalue weighted by molar-refractivity contribution is -0.121. The van der Waals surface area contributed by atoms with Crippen molar-refractivity contribution in [3.63, 3.8) is 0 Å². The Kier molecular flexibility index (Phi) is 7.81. The number of nitrogens with zero attached hydrogens (tertiary/aromatic N) is 1. The van der Waals surface area contributed by atoms with Gasteiger partial charge in [0.1, 0.15) is 11.7 Å². The molecule has 142 valence electrons. The smallest absolute Gasteiger partial charge is 0.171 e. The minimum Gasteiger partial charge on any atom is -0.430 e. The van der Waals surface area contributed by atoms with Crippen LogP contribution in [0.2, 0.25) is 0 Å². The fraction of sp³-hybridized carbons (Fsp3) is 0.789. The van der Waals surface area contributed by atoms with Gasteiger partial charge in [-0.3, -0.25) is 4.79 Å². The molecule has 0 aromatic heterocycles. The van der Waals surface area contributed by atoms with Crippen molar-refractivity contribution in [1.29, 1.82) is 0 Å². The fourth-order valence-corrected chi connectivity index (χ4v) is 4.52. The van der Waals surface area contributed by atoms with Gasteiger partial charge in [-0.2, -0.15) is 5.10 Å². The summed E-state index contributed by atoms with van der Waals surface area (Å²) in [7, 11) is 1.74. The van der Waals surface area contributed by atoms with Crippen LogP contribution < -0.4 is 5.43 Å². The zero-order valence-electron chi connectivity index (χ0n) is 16.1. The maximum Gasteiger partial charge on any atom is 0.171 e. The molecule has 2 fully saturated rings. The van der Waals surface area contributed by atoms with Gasteiger partial charge in [0.2, 0.25) is 0 Å². The number of carbonyl (C=O) groups excluding carboxylic acids is 1. The van der Waals surface area contributed by atoms with Crippen molar-refractivity contribution in [2.45, 2.75) is 71.3 Å². The van der Waals surface area contributed by atoms with Gasteiger partial charge in [-0.05, 0) is 57.8 Å². The van der Waals surface area contributed by atoms with Gasteiger partial charge in [0.25, 0.3) is 0 Å².